The molecule has 29 heavy (non-hydrogen) atoms. The largest absolute Gasteiger partial charge is 0.484 e. The molecule has 0 unspecified atom stereocenters. The summed E-state index contributed by atoms with van der Waals surface area (Å²) in [5, 5.41) is 2.01. The summed E-state index contributed by atoms with van der Waals surface area (Å²) in [6.07, 6.45) is -9.04. The maximum absolute atomic E-state index is 12.9. The van der Waals surface area contributed by atoms with E-state index in [2.05, 4.69) is 0 Å². The number of alkyl halides is 6. The fourth-order valence-corrected chi connectivity index (χ4v) is 2.50. The molecule has 1 atom stereocenters. The summed E-state index contributed by atoms with van der Waals surface area (Å²) >= 11 is 0. The molecule has 0 aliphatic rings. The minimum atomic E-state index is -4.99. The number of anilines is 1. The molecule has 0 aliphatic carbocycles. The first-order chi connectivity index (χ1) is 13.4. The van der Waals surface area contributed by atoms with Gasteiger partial charge in [0.05, 0.1) is 11.1 Å². The molecule has 2 rings (SSSR count). The number of hydrogen-bond acceptors (Lipinski definition) is 2. The summed E-state index contributed by atoms with van der Waals surface area (Å²) in [6, 6.07) is 7.79. The van der Waals surface area contributed by atoms with E-state index in [4.69, 9.17) is 4.74 Å². The first-order valence-electron chi connectivity index (χ1n) is 8.72. The second-order valence-corrected chi connectivity index (χ2v) is 6.51. The minimum Gasteiger partial charge on any atom is -0.484 e. The van der Waals surface area contributed by atoms with Gasteiger partial charge in [0.1, 0.15) is 5.75 Å². The predicted molar refractivity (Wildman–Crippen MR) is 95.7 cm³/mol. The third-order valence-corrected chi connectivity index (χ3v) is 4.30. The Morgan fingerprint density at radius 2 is 1.48 bits per heavy atom. The standard InChI is InChI=1S/C20H19F6NO2/c1-3-12(2)13-4-6-17(7-5-13)29-11-18(28)27-16-9-14(19(21,22)23)8-15(10-16)20(24,25)26/h4-10,12H,3,11H2,1-2H3,(H,27,28)/t12-/m1/s1. The quantitative estimate of drug-likeness (QED) is 0.562. The van der Waals surface area contributed by atoms with Crippen LogP contribution < -0.4 is 10.1 Å². The molecule has 0 bridgehead atoms. The first-order valence-corrected chi connectivity index (χ1v) is 8.72. The van der Waals surface area contributed by atoms with Crippen LogP contribution in [0.1, 0.15) is 42.9 Å². The topological polar surface area (TPSA) is 38.3 Å². The summed E-state index contributed by atoms with van der Waals surface area (Å²) in [6.45, 7) is 3.52. The maximum Gasteiger partial charge on any atom is 0.416 e. The summed E-state index contributed by atoms with van der Waals surface area (Å²) in [5.74, 6) is -0.188. The zero-order valence-corrected chi connectivity index (χ0v) is 15.6. The second-order valence-electron chi connectivity index (χ2n) is 6.51. The Morgan fingerprint density at radius 1 is 0.966 bits per heavy atom. The zero-order valence-electron chi connectivity index (χ0n) is 15.6. The number of ether oxygens (including phenoxy) is 1. The molecule has 9 heteroatoms. The van der Waals surface area contributed by atoms with E-state index in [1.54, 1.807) is 12.1 Å². The van der Waals surface area contributed by atoms with Crippen molar-refractivity contribution < 1.29 is 35.9 Å². The van der Waals surface area contributed by atoms with Gasteiger partial charge in [-0.15, -0.1) is 0 Å². The van der Waals surface area contributed by atoms with Gasteiger partial charge in [0.2, 0.25) is 0 Å². The van der Waals surface area contributed by atoms with Crippen molar-refractivity contribution in [3.63, 3.8) is 0 Å². The molecule has 1 N–H and O–H groups in total. The molecule has 2 aromatic rings. The molecule has 1 amide bonds. The van der Waals surface area contributed by atoms with Crippen molar-refractivity contribution in [1.29, 1.82) is 0 Å². The monoisotopic (exact) mass is 419 g/mol. The van der Waals surface area contributed by atoms with E-state index in [0.29, 0.717) is 23.8 Å². The van der Waals surface area contributed by atoms with Gasteiger partial charge in [-0.05, 0) is 48.2 Å². The molecule has 2 aromatic carbocycles. The van der Waals surface area contributed by atoms with Crippen molar-refractivity contribution in [3.8, 4) is 5.75 Å². The Hall–Kier alpha value is -2.71. The van der Waals surface area contributed by atoms with Crippen LogP contribution in [-0.4, -0.2) is 12.5 Å². The lowest BCUT2D eigenvalue weighted by Gasteiger charge is -2.15. The van der Waals surface area contributed by atoms with Gasteiger partial charge in [-0.25, -0.2) is 0 Å². The lowest BCUT2D eigenvalue weighted by Crippen LogP contribution is -2.21. The molecule has 158 valence electrons. The van der Waals surface area contributed by atoms with Crippen molar-refractivity contribution in [2.75, 3.05) is 11.9 Å². The van der Waals surface area contributed by atoms with E-state index in [-0.39, 0.29) is 6.07 Å². The SMILES string of the molecule is CC[C@@H](C)c1ccc(OCC(=O)Nc2cc(C(F)(F)F)cc(C(F)(F)F)c2)cc1. The van der Waals surface area contributed by atoms with E-state index in [9.17, 15) is 31.1 Å². The fourth-order valence-electron chi connectivity index (χ4n) is 2.50. The number of nitrogens with one attached hydrogen (secondary N) is 1. The number of carbonyl (C=O) groups excluding carboxylic acids is 1. The summed E-state index contributed by atoms with van der Waals surface area (Å²) < 4.78 is 82.4. The van der Waals surface area contributed by atoms with Crippen molar-refractivity contribution in [3.05, 3.63) is 59.2 Å². The number of hydrogen-bond donors (Lipinski definition) is 1. The van der Waals surface area contributed by atoms with Gasteiger partial charge in [-0.3, -0.25) is 4.79 Å². The van der Waals surface area contributed by atoms with Gasteiger partial charge >= 0.3 is 12.4 Å². The van der Waals surface area contributed by atoms with Gasteiger partial charge in [0, 0.05) is 5.69 Å². The molecular weight excluding hydrogens is 400 g/mol. The third kappa shape index (κ3) is 6.40. The average molecular weight is 419 g/mol. The van der Waals surface area contributed by atoms with Crippen LogP contribution in [0.5, 0.6) is 5.75 Å². The second kappa shape index (κ2) is 8.75. The van der Waals surface area contributed by atoms with E-state index in [1.165, 1.54) is 0 Å². The van der Waals surface area contributed by atoms with Gasteiger partial charge in [0.25, 0.3) is 5.91 Å². The van der Waals surface area contributed by atoms with E-state index in [1.807, 2.05) is 31.3 Å². The van der Waals surface area contributed by atoms with E-state index < -0.39 is 41.7 Å². The van der Waals surface area contributed by atoms with Crippen molar-refractivity contribution in [1.82, 2.24) is 0 Å². The number of halogens is 6. The molecule has 0 saturated heterocycles. The molecule has 0 radical (unpaired) electrons. The first kappa shape index (κ1) is 22.6. The highest BCUT2D eigenvalue weighted by molar-refractivity contribution is 5.92. The van der Waals surface area contributed by atoms with E-state index >= 15 is 0 Å². The number of carbonyl (C=O) groups is 1. The Kier molecular flexibility index (Phi) is 6.81. The Morgan fingerprint density at radius 3 is 1.93 bits per heavy atom. The van der Waals surface area contributed by atoms with Crippen LogP contribution in [-0.2, 0) is 17.1 Å². The van der Waals surface area contributed by atoms with Crippen molar-refractivity contribution >= 4 is 11.6 Å². The van der Waals surface area contributed by atoms with Gasteiger partial charge in [-0.1, -0.05) is 26.0 Å². The molecule has 0 spiro atoms. The molecule has 0 aliphatic heterocycles. The van der Waals surface area contributed by atoms with Crippen LogP contribution in [0.15, 0.2) is 42.5 Å². The minimum absolute atomic E-state index is 0.00892. The van der Waals surface area contributed by atoms with Crippen molar-refractivity contribution in [2.45, 2.75) is 38.5 Å². The van der Waals surface area contributed by atoms with E-state index in [0.717, 1.165) is 12.0 Å². The van der Waals surface area contributed by atoms with Crippen LogP contribution in [0.3, 0.4) is 0 Å². The maximum atomic E-state index is 12.9. The normalized spacial score (nSPS) is 13.1. The molecule has 0 heterocycles. The Balaban J connectivity index is 2.08. The summed E-state index contributed by atoms with van der Waals surface area (Å²) in [7, 11) is 0. The molecule has 0 saturated carbocycles. The number of amides is 1. The average Bonchev–Trinajstić information content (AvgIpc) is 2.64. The highest BCUT2D eigenvalue weighted by Gasteiger charge is 2.37. The number of rotatable bonds is 6. The Labute approximate surface area is 163 Å². The summed E-state index contributed by atoms with van der Waals surface area (Å²) in [4.78, 5) is 11.9. The lowest BCUT2D eigenvalue weighted by molar-refractivity contribution is -0.143. The number of benzene rings is 2. The summed E-state index contributed by atoms with van der Waals surface area (Å²) in [5.41, 5.74) is -2.56. The Bertz CT molecular complexity index is 811. The highest BCUT2D eigenvalue weighted by Crippen LogP contribution is 2.37. The molecule has 0 aromatic heterocycles. The van der Waals surface area contributed by atoms with Crippen LogP contribution >= 0.6 is 0 Å². The molecule has 0 fully saturated rings. The fraction of sp³-hybridized carbons (Fsp3) is 0.350. The van der Waals surface area contributed by atoms with Crippen LogP contribution in [0.25, 0.3) is 0 Å². The van der Waals surface area contributed by atoms with Gasteiger partial charge in [0.15, 0.2) is 6.61 Å². The van der Waals surface area contributed by atoms with Crippen molar-refractivity contribution in [2.24, 2.45) is 0 Å². The third-order valence-electron chi connectivity index (χ3n) is 4.30. The van der Waals surface area contributed by atoms with Gasteiger partial charge < -0.3 is 10.1 Å². The molecule has 3 nitrogen and oxygen atoms in total. The predicted octanol–water partition coefficient (Wildman–Crippen LogP) is 6.26. The van der Waals surface area contributed by atoms with Gasteiger partial charge in [-0.2, -0.15) is 26.3 Å². The smallest absolute Gasteiger partial charge is 0.416 e. The van der Waals surface area contributed by atoms with Crippen LogP contribution in [0.2, 0.25) is 0 Å². The van der Waals surface area contributed by atoms with Crippen LogP contribution in [0, 0.1) is 0 Å². The zero-order chi connectivity index (χ0) is 21.8. The highest BCUT2D eigenvalue weighted by atomic mass is 19.4. The van der Waals surface area contributed by atoms with Crippen LogP contribution in [0.4, 0.5) is 32.0 Å². The lowest BCUT2D eigenvalue weighted by atomic mass is 9.99. The molecular formula is C20H19F6NO2.